The summed E-state index contributed by atoms with van der Waals surface area (Å²) in [5, 5.41) is -1.65. The quantitative estimate of drug-likeness (QED) is 0.346. The van der Waals surface area contributed by atoms with Gasteiger partial charge in [-0.15, -0.1) is 0 Å². The predicted molar refractivity (Wildman–Crippen MR) is 52.3 cm³/mol. The van der Waals surface area contributed by atoms with E-state index >= 15 is 0 Å². The van der Waals surface area contributed by atoms with Gasteiger partial charge in [0, 0.05) is 0 Å². The van der Waals surface area contributed by atoms with Crippen LogP contribution in [0, 0.1) is 0 Å². The van der Waals surface area contributed by atoms with Gasteiger partial charge in [0.15, 0.2) is 0 Å². The van der Waals surface area contributed by atoms with E-state index in [2.05, 4.69) is 0 Å². The number of alkyl halides is 1. The molecule has 0 bridgehead atoms. The fourth-order valence-corrected chi connectivity index (χ4v) is 4.86. The molecule has 0 spiro atoms. The molecular weight excluding hydrogens is 393 g/mol. The molecule has 0 aromatic rings. The Morgan fingerprint density at radius 3 is 2.93 bits per heavy atom. The van der Waals surface area contributed by atoms with Crippen LogP contribution in [0.25, 0.3) is 0 Å². The maximum atomic E-state index is 6.32. The van der Waals surface area contributed by atoms with Gasteiger partial charge in [-0.25, -0.2) is 0 Å². The summed E-state index contributed by atoms with van der Waals surface area (Å²) in [5.74, 6) is 0. The van der Waals surface area contributed by atoms with Crippen LogP contribution in [0.2, 0.25) is 0 Å². The summed E-state index contributed by atoms with van der Waals surface area (Å²) in [6.07, 6.45) is -0.247. The van der Waals surface area contributed by atoms with Gasteiger partial charge in [-0.3, -0.25) is 0 Å². The van der Waals surface area contributed by atoms with Crippen LogP contribution in [0.4, 0.5) is 0 Å². The Bertz CT molecular complexity index is 301. The molecule has 1 unspecified atom stereocenters. The van der Waals surface area contributed by atoms with Crippen LogP contribution >= 0.6 is 17.0 Å². The number of halogens is 1. The van der Waals surface area contributed by atoms with Gasteiger partial charge < -0.3 is 0 Å². The molecule has 2 saturated heterocycles. The SMILES string of the molecule is [B][C@@H]1O[C@@H]2CO[P](C)(=[W])O[C@H]2[C@@]1(C)Cl. The molecule has 2 heterocycles. The summed E-state index contributed by atoms with van der Waals surface area (Å²) in [6, 6.07) is -0.476. The van der Waals surface area contributed by atoms with Gasteiger partial charge in [-0.1, -0.05) is 0 Å². The van der Waals surface area contributed by atoms with Gasteiger partial charge in [0.2, 0.25) is 0 Å². The van der Waals surface area contributed by atoms with Crippen molar-refractivity contribution in [2.24, 2.45) is 0 Å². The molecule has 2 radical (unpaired) electrons. The van der Waals surface area contributed by atoms with Crippen LogP contribution < -0.4 is 0 Å². The first kappa shape index (κ1) is 11.8. The third-order valence-electron chi connectivity index (χ3n) is 2.55. The van der Waals surface area contributed by atoms with E-state index in [1.54, 1.807) is 0 Å². The van der Waals surface area contributed by atoms with Gasteiger partial charge >= 0.3 is 101 Å². The van der Waals surface area contributed by atoms with E-state index in [-0.39, 0.29) is 12.2 Å². The van der Waals surface area contributed by atoms with Crippen molar-refractivity contribution in [1.82, 2.24) is 0 Å². The summed E-state index contributed by atoms with van der Waals surface area (Å²) in [5.41, 5.74) is 0. The van der Waals surface area contributed by atoms with Crippen molar-refractivity contribution in [2.45, 2.75) is 30.0 Å². The first-order valence-corrected chi connectivity index (χ1v) is 10.6. The van der Waals surface area contributed by atoms with E-state index in [1.807, 2.05) is 13.6 Å². The fourth-order valence-electron chi connectivity index (χ4n) is 1.66. The zero-order valence-electron chi connectivity index (χ0n) is 7.97. The standard InChI is InChI=1S/C7H11BClO3P.W/c1-7(9)5-4(11-6(7)8)3-10-13(2)12-5;/h4-6H,3H2,1-2H3;/t4-,5-,6-,7-,13?;/m1./s1. The van der Waals surface area contributed by atoms with Gasteiger partial charge in [0.05, 0.1) is 0 Å². The predicted octanol–water partition coefficient (Wildman–Crippen LogP) is 1.23. The Kier molecular flexibility index (Phi) is 3.11. The number of hydrogen-bond donors (Lipinski definition) is 0. The van der Waals surface area contributed by atoms with Crippen molar-refractivity contribution in [3.63, 3.8) is 0 Å². The van der Waals surface area contributed by atoms with Crippen LogP contribution in [0.15, 0.2) is 0 Å². The monoisotopic (exact) mass is 404 g/mol. The summed E-state index contributed by atoms with van der Waals surface area (Å²) in [6.45, 7) is 4.42. The second-order valence-electron chi connectivity index (χ2n) is 3.84. The van der Waals surface area contributed by atoms with Gasteiger partial charge in [0.1, 0.15) is 0 Å². The zero-order chi connectivity index (χ0) is 10.6. The average molecular weight is 404 g/mol. The molecule has 3 nitrogen and oxygen atoms in total. The van der Waals surface area contributed by atoms with Crippen LogP contribution in [0.5, 0.6) is 0 Å². The topological polar surface area (TPSA) is 27.7 Å². The van der Waals surface area contributed by atoms with Gasteiger partial charge in [-0.2, -0.15) is 0 Å². The molecule has 0 aliphatic carbocycles. The molecular formula is C7H11BClO3PW. The van der Waals surface area contributed by atoms with Gasteiger partial charge in [0.25, 0.3) is 0 Å². The Balaban J connectivity index is 2.23. The average Bonchev–Trinajstić information content (AvgIpc) is 2.26. The van der Waals surface area contributed by atoms with Crippen molar-refractivity contribution in [2.75, 3.05) is 13.3 Å². The molecule has 0 aromatic heterocycles. The summed E-state index contributed by atoms with van der Waals surface area (Å²) >= 11 is 7.65. The van der Waals surface area contributed by atoms with Crippen molar-refractivity contribution < 1.29 is 32.6 Å². The molecule has 2 aliphatic heterocycles. The summed E-state index contributed by atoms with van der Waals surface area (Å²) < 4.78 is 17.0. The van der Waals surface area contributed by atoms with Crippen LogP contribution in [-0.4, -0.2) is 44.2 Å². The van der Waals surface area contributed by atoms with E-state index in [0.29, 0.717) is 6.61 Å². The molecule has 78 valence electrons. The molecule has 2 aliphatic rings. The van der Waals surface area contributed by atoms with Crippen LogP contribution in [0.3, 0.4) is 0 Å². The molecule has 2 fully saturated rings. The molecule has 7 heteroatoms. The van der Waals surface area contributed by atoms with E-state index in [4.69, 9.17) is 33.2 Å². The molecule has 0 aromatic carbocycles. The maximum absolute atomic E-state index is 6.32. The van der Waals surface area contributed by atoms with Crippen LogP contribution in [0.1, 0.15) is 6.92 Å². The first-order chi connectivity index (χ1) is 6.33. The van der Waals surface area contributed by atoms with Gasteiger partial charge in [-0.05, 0) is 0 Å². The molecule has 5 atom stereocenters. The van der Waals surface area contributed by atoms with Crippen molar-refractivity contribution in [3.8, 4) is 0 Å². The molecule has 0 saturated carbocycles. The third kappa shape index (κ3) is 1.95. The first-order valence-electron chi connectivity index (χ1n) is 4.33. The number of hydrogen-bond acceptors (Lipinski definition) is 3. The summed E-state index contributed by atoms with van der Waals surface area (Å²) in [7, 11) is 5.79. The van der Waals surface area contributed by atoms with Crippen molar-refractivity contribution in [3.05, 3.63) is 0 Å². The minimum absolute atomic E-state index is 0.111. The Hall–Kier alpha value is 1.35. The van der Waals surface area contributed by atoms with Crippen LogP contribution in [-0.2, 0) is 32.6 Å². The second-order valence-corrected chi connectivity index (χ2v) is 13.8. The fraction of sp³-hybridized carbons (Fsp3) is 1.00. The Morgan fingerprint density at radius 1 is 1.64 bits per heavy atom. The zero-order valence-corrected chi connectivity index (χ0v) is 12.6. The van der Waals surface area contributed by atoms with Crippen molar-refractivity contribution in [1.29, 1.82) is 0 Å². The molecule has 2 rings (SSSR count). The third-order valence-corrected chi connectivity index (χ3v) is 6.27. The normalized spacial score (nSPS) is 58.4. The van der Waals surface area contributed by atoms with E-state index < -0.39 is 16.2 Å². The minimum atomic E-state index is -1.65. The number of fused-ring (bicyclic) bond motifs is 1. The number of ether oxygens (including phenoxy) is 1. The Labute approximate surface area is 100 Å². The van der Waals surface area contributed by atoms with E-state index in [9.17, 15) is 0 Å². The molecule has 0 amide bonds. The molecule has 14 heavy (non-hydrogen) atoms. The second kappa shape index (κ2) is 3.69. The number of rotatable bonds is 0. The van der Waals surface area contributed by atoms with Crippen molar-refractivity contribution >= 4 is 24.8 Å². The van der Waals surface area contributed by atoms with E-state index in [0.717, 1.165) is 0 Å². The Morgan fingerprint density at radius 2 is 2.29 bits per heavy atom. The molecule has 0 N–H and O–H groups in total. The van der Waals surface area contributed by atoms with E-state index in [1.165, 1.54) is 18.8 Å². The summed E-state index contributed by atoms with van der Waals surface area (Å²) in [4.78, 5) is -0.634.